The summed E-state index contributed by atoms with van der Waals surface area (Å²) in [6, 6.07) is 8.34. The second kappa shape index (κ2) is 4.28. The van der Waals surface area contributed by atoms with Gasteiger partial charge < -0.3 is 0 Å². The molecule has 80 valence electrons. The molecule has 0 N–H and O–H groups in total. The highest BCUT2D eigenvalue weighted by Crippen LogP contribution is 2.25. The first-order valence-electron chi connectivity index (χ1n) is 4.53. The topological polar surface area (TPSA) is 56.0 Å². The number of rotatable bonds is 2. The fourth-order valence-corrected chi connectivity index (χ4v) is 1.61. The Labute approximate surface area is 96.3 Å². The van der Waals surface area contributed by atoms with E-state index in [1.165, 1.54) is 17.7 Å². The molecule has 0 amide bonds. The van der Waals surface area contributed by atoms with E-state index >= 15 is 0 Å². The first-order valence-corrected chi connectivity index (χ1v) is 4.97. The molecule has 0 fully saturated rings. The van der Waals surface area contributed by atoms with Crippen molar-refractivity contribution in [1.82, 2.24) is 4.98 Å². The van der Waals surface area contributed by atoms with Crippen molar-refractivity contribution < 1.29 is 4.92 Å². The largest absolute Gasteiger partial charge is 0.280 e. The van der Waals surface area contributed by atoms with Gasteiger partial charge in [-0.2, -0.15) is 0 Å². The van der Waals surface area contributed by atoms with Gasteiger partial charge in [0.05, 0.1) is 21.5 Å². The van der Waals surface area contributed by atoms with E-state index in [4.69, 9.17) is 11.6 Å². The normalized spacial score (nSPS) is 11.1. The summed E-state index contributed by atoms with van der Waals surface area (Å²) in [5.74, 6) is 0. The van der Waals surface area contributed by atoms with Crippen LogP contribution in [0, 0.1) is 10.1 Å². The highest BCUT2D eigenvalue weighted by molar-refractivity contribution is 6.27. The van der Waals surface area contributed by atoms with Crippen LogP contribution in [0.2, 0.25) is 0 Å². The van der Waals surface area contributed by atoms with E-state index in [1.54, 1.807) is 24.3 Å². The lowest BCUT2D eigenvalue weighted by Gasteiger charge is -2.00. The summed E-state index contributed by atoms with van der Waals surface area (Å²) in [5.41, 5.74) is 2.37. The maximum absolute atomic E-state index is 10.9. The Hall–Kier alpha value is -1.94. The van der Waals surface area contributed by atoms with Gasteiger partial charge in [-0.25, -0.2) is 4.98 Å². The van der Waals surface area contributed by atoms with Gasteiger partial charge in [-0.1, -0.05) is 23.7 Å². The predicted molar refractivity (Wildman–Crippen MR) is 63.3 cm³/mol. The van der Waals surface area contributed by atoms with Gasteiger partial charge >= 0.3 is 0 Å². The lowest BCUT2D eigenvalue weighted by atomic mass is 10.1. The molecule has 0 unspecified atom stereocenters. The first kappa shape index (κ1) is 10.6. The minimum Gasteiger partial charge on any atom is -0.258 e. The Morgan fingerprint density at radius 3 is 2.81 bits per heavy atom. The lowest BCUT2D eigenvalue weighted by Crippen LogP contribution is -1.93. The number of para-hydroxylation sites is 1. The molecule has 0 radical (unpaired) electrons. The van der Waals surface area contributed by atoms with Crippen molar-refractivity contribution in [2.24, 2.45) is 0 Å². The number of benzene rings is 1. The molecule has 4 nitrogen and oxygen atoms in total. The van der Waals surface area contributed by atoms with Gasteiger partial charge in [0.1, 0.15) is 0 Å². The van der Waals surface area contributed by atoms with Crippen LogP contribution in [-0.2, 0) is 0 Å². The van der Waals surface area contributed by atoms with E-state index in [2.05, 4.69) is 4.98 Å². The molecule has 0 saturated heterocycles. The van der Waals surface area contributed by atoms with E-state index in [1.807, 2.05) is 0 Å². The van der Waals surface area contributed by atoms with Gasteiger partial charge in [0.15, 0.2) is 0 Å². The van der Waals surface area contributed by atoms with Crippen LogP contribution in [0.25, 0.3) is 17.0 Å². The monoisotopic (exact) mass is 234 g/mol. The fraction of sp³-hybridized carbons (Fsp3) is 0. The molecule has 0 aliphatic rings. The van der Waals surface area contributed by atoms with Crippen molar-refractivity contribution in [3.05, 3.63) is 51.7 Å². The van der Waals surface area contributed by atoms with E-state index < -0.39 is 4.92 Å². The number of hydrogen-bond acceptors (Lipinski definition) is 3. The van der Waals surface area contributed by atoms with Crippen LogP contribution >= 0.6 is 11.6 Å². The first-order chi connectivity index (χ1) is 7.72. The molecule has 2 rings (SSSR count). The van der Waals surface area contributed by atoms with Crippen molar-refractivity contribution in [3.63, 3.8) is 0 Å². The summed E-state index contributed by atoms with van der Waals surface area (Å²) >= 11 is 5.43. The molecular formula is C11H7ClN2O2. The van der Waals surface area contributed by atoms with Gasteiger partial charge in [-0.05, 0) is 18.2 Å². The molecule has 1 heterocycles. The highest BCUT2D eigenvalue weighted by Gasteiger charge is 2.13. The number of fused-ring (bicyclic) bond motifs is 1. The predicted octanol–water partition coefficient (Wildman–Crippen LogP) is 3.35. The van der Waals surface area contributed by atoms with Crippen molar-refractivity contribution in [2.45, 2.75) is 0 Å². The minimum atomic E-state index is -0.421. The standard InChI is InChI=1S/C11H7ClN2O2/c12-6-5-8-7-11(14(15)16)9-3-1-2-4-10(9)13-8/h1-7H/b6-5+. The van der Waals surface area contributed by atoms with Gasteiger partial charge in [0, 0.05) is 11.6 Å². The van der Waals surface area contributed by atoms with Crippen molar-refractivity contribution in [2.75, 3.05) is 0 Å². The second-order valence-electron chi connectivity index (χ2n) is 3.13. The summed E-state index contributed by atoms with van der Waals surface area (Å²) in [5, 5.41) is 11.4. The molecule has 5 heteroatoms. The molecule has 0 aliphatic heterocycles. The molecular weight excluding hydrogens is 228 g/mol. The summed E-state index contributed by atoms with van der Waals surface area (Å²) in [4.78, 5) is 14.7. The number of nitro groups is 1. The smallest absolute Gasteiger partial charge is 0.258 e. The van der Waals surface area contributed by atoms with Gasteiger partial charge in [0.25, 0.3) is 5.69 Å². The summed E-state index contributed by atoms with van der Waals surface area (Å²) in [6.07, 6.45) is 1.51. The van der Waals surface area contributed by atoms with Crippen molar-refractivity contribution in [3.8, 4) is 0 Å². The number of nitrogens with zero attached hydrogens (tertiary/aromatic N) is 2. The molecule has 0 aliphatic carbocycles. The SMILES string of the molecule is O=[N+]([O-])c1cc(/C=C/Cl)nc2ccccc12. The molecule has 16 heavy (non-hydrogen) atoms. The minimum absolute atomic E-state index is 0.0374. The van der Waals surface area contributed by atoms with Crippen molar-refractivity contribution >= 4 is 34.3 Å². The van der Waals surface area contributed by atoms with Gasteiger partial charge in [-0.3, -0.25) is 10.1 Å². The summed E-state index contributed by atoms with van der Waals surface area (Å²) in [7, 11) is 0. The maximum atomic E-state index is 10.9. The molecule has 0 spiro atoms. The Morgan fingerprint density at radius 2 is 2.12 bits per heavy atom. The van der Waals surface area contributed by atoms with E-state index in [9.17, 15) is 10.1 Å². The third kappa shape index (κ3) is 1.87. The molecule has 0 bridgehead atoms. The van der Waals surface area contributed by atoms with Crippen LogP contribution in [0.15, 0.2) is 35.9 Å². The Kier molecular flexibility index (Phi) is 2.83. The maximum Gasteiger partial charge on any atom is 0.280 e. The number of pyridine rings is 1. The third-order valence-corrected chi connectivity index (χ3v) is 2.27. The Balaban J connectivity index is 2.78. The van der Waals surface area contributed by atoms with Gasteiger partial charge in [-0.15, -0.1) is 0 Å². The molecule has 1 aromatic carbocycles. The van der Waals surface area contributed by atoms with Crippen molar-refractivity contribution in [1.29, 1.82) is 0 Å². The summed E-state index contributed by atoms with van der Waals surface area (Å²) < 4.78 is 0. The second-order valence-corrected chi connectivity index (χ2v) is 3.39. The fourth-order valence-electron chi connectivity index (χ4n) is 1.48. The Morgan fingerprint density at radius 1 is 1.38 bits per heavy atom. The van der Waals surface area contributed by atoms with Crippen LogP contribution in [0.3, 0.4) is 0 Å². The number of aromatic nitrogens is 1. The van der Waals surface area contributed by atoms with Crippen LogP contribution in [-0.4, -0.2) is 9.91 Å². The van der Waals surface area contributed by atoms with Crippen LogP contribution in [0.1, 0.15) is 5.69 Å². The van der Waals surface area contributed by atoms with Crippen LogP contribution < -0.4 is 0 Å². The average molecular weight is 235 g/mol. The quantitative estimate of drug-likeness (QED) is 0.591. The molecule has 0 atom stereocenters. The molecule has 0 saturated carbocycles. The van der Waals surface area contributed by atoms with E-state index in [0.717, 1.165) is 0 Å². The van der Waals surface area contributed by atoms with Gasteiger partial charge in [0.2, 0.25) is 0 Å². The zero-order valence-electron chi connectivity index (χ0n) is 8.13. The van der Waals surface area contributed by atoms with Crippen LogP contribution in [0.4, 0.5) is 5.69 Å². The van der Waals surface area contributed by atoms with E-state index in [0.29, 0.717) is 16.6 Å². The third-order valence-electron chi connectivity index (χ3n) is 2.14. The number of hydrogen-bond donors (Lipinski definition) is 0. The Bertz CT molecular complexity index is 581. The molecule has 2 aromatic rings. The zero-order chi connectivity index (χ0) is 11.5. The zero-order valence-corrected chi connectivity index (χ0v) is 8.89. The summed E-state index contributed by atoms with van der Waals surface area (Å²) in [6.45, 7) is 0. The lowest BCUT2D eigenvalue weighted by molar-refractivity contribution is -0.383. The average Bonchev–Trinajstić information content (AvgIpc) is 2.28. The van der Waals surface area contributed by atoms with Crippen LogP contribution in [0.5, 0.6) is 0 Å². The van der Waals surface area contributed by atoms with E-state index in [-0.39, 0.29) is 5.69 Å². The molecule has 1 aromatic heterocycles. The number of halogens is 1. The highest BCUT2D eigenvalue weighted by atomic mass is 35.5.